The van der Waals surface area contributed by atoms with Gasteiger partial charge < -0.3 is 30.4 Å². The van der Waals surface area contributed by atoms with E-state index in [4.69, 9.17) is 5.11 Å². The zero-order valence-electron chi connectivity index (χ0n) is 22.1. The number of unbranched alkanes of at least 4 members (excludes halogenated alkanes) is 7. The van der Waals surface area contributed by atoms with E-state index in [9.17, 15) is 19.8 Å². The van der Waals surface area contributed by atoms with Crippen LogP contribution in [0.5, 0.6) is 0 Å². The third-order valence-electron chi connectivity index (χ3n) is 6.87. The molecular weight excluding hydrogens is 446 g/mol. The number of rotatable bonds is 22. The lowest BCUT2D eigenvalue weighted by Crippen LogP contribution is -2.34. The van der Waals surface area contributed by atoms with Gasteiger partial charge in [-0.25, -0.2) is 0 Å². The van der Waals surface area contributed by atoms with Gasteiger partial charge in [-0.1, -0.05) is 32.1 Å². The number of nitrogens with zero attached hydrogens (tertiary/aromatic N) is 2. The molecule has 1 aliphatic heterocycles. The SMILES string of the molecule is O=C(CCCCCN1CCCCC1)NCCCCCCCC(=O)N(CCO)CCCCC(O)CO. The van der Waals surface area contributed by atoms with Crippen LogP contribution in [0.15, 0.2) is 0 Å². The van der Waals surface area contributed by atoms with Gasteiger partial charge in [0.2, 0.25) is 11.8 Å². The highest BCUT2D eigenvalue weighted by Crippen LogP contribution is 2.11. The molecule has 0 aromatic heterocycles. The summed E-state index contributed by atoms with van der Waals surface area (Å²) in [5, 5.41) is 30.5. The normalized spacial score (nSPS) is 15.2. The molecule has 1 heterocycles. The summed E-state index contributed by atoms with van der Waals surface area (Å²) in [6.07, 6.45) is 14.7. The number of aliphatic hydroxyl groups is 3. The molecule has 0 spiro atoms. The first-order valence-corrected chi connectivity index (χ1v) is 14.2. The standard InChI is InChI=1S/C27H53N3O5/c31-23-22-30(21-13-8-14-25(33)24-32)27(35)16-7-2-1-3-9-17-28-26(34)15-6-4-10-18-29-19-11-5-12-20-29/h25,31-33H,1-24H2,(H,28,34). The third-order valence-corrected chi connectivity index (χ3v) is 6.87. The van der Waals surface area contributed by atoms with Gasteiger partial charge >= 0.3 is 0 Å². The Morgan fingerprint density at radius 2 is 1.49 bits per heavy atom. The minimum atomic E-state index is -0.690. The quantitative estimate of drug-likeness (QED) is 0.170. The van der Waals surface area contributed by atoms with Crippen LogP contribution in [0, 0.1) is 0 Å². The van der Waals surface area contributed by atoms with Gasteiger partial charge in [-0.3, -0.25) is 9.59 Å². The van der Waals surface area contributed by atoms with E-state index in [0.717, 1.165) is 64.3 Å². The molecule has 0 radical (unpaired) electrons. The Morgan fingerprint density at radius 3 is 2.23 bits per heavy atom. The number of amides is 2. The van der Waals surface area contributed by atoms with Gasteiger partial charge in [-0.05, 0) is 77.4 Å². The highest BCUT2D eigenvalue weighted by Gasteiger charge is 2.13. The fourth-order valence-corrected chi connectivity index (χ4v) is 4.64. The van der Waals surface area contributed by atoms with Crippen LogP contribution in [-0.2, 0) is 9.59 Å². The van der Waals surface area contributed by atoms with Crippen LogP contribution < -0.4 is 5.32 Å². The molecule has 1 aliphatic rings. The first-order chi connectivity index (χ1) is 17.1. The molecule has 35 heavy (non-hydrogen) atoms. The number of likely N-dealkylation sites (tertiary alicyclic amines) is 1. The van der Waals surface area contributed by atoms with Gasteiger partial charge in [-0.2, -0.15) is 0 Å². The summed E-state index contributed by atoms with van der Waals surface area (Å²) in [6, 6.07) is 0. The fourth-order valence-electron chi connectivity index (χ4n) is 4.64. The number of hydrogen-bond donors (Lipinski definition) is 4. The number of hydrogen-bond acceptors (Lipinski definition) is 6. The van der Waals surface area contributed by atoms with Crippen LogP contribution in [0.25, 0.3) is 0 Å². The van der Waals surface area contributed by atoms with Gasteiger partial charge in [0.1, 0.15) is 0 Å². The van der Waals surface area contributed by atoms with Crippen molar-refractivity contribution in [3.63, 3.8) is 0 Å². The Balaban J connectivity index is 1.94. The third kappa shape index (κ3) is 17.8. The number of nitrogens with one attached hydrogen (secondary N) is 1. The Labute approximate surface area is 213 Å². The fraction of sp³-hybridized carbons (Fsp3) is 0.926. The van der Waals surface area contributed by atoms with Gasteiger partial charge in [-0.15, -0.1) is 0 Å². The minimum absolute atomic E-state index is 0.0463. The molecule has 1 unspecified atom stereocenters. The maximum Gasteiger partial charge on any atom is 0.222 e. The minimum Gasteiger partial charge on any atom is -0.395 e. The van der Waals surface area contributed by atoms with Gasteiger partial charge in [0.25, 0.3) is 0 Å². The highest BCUT2D eigenvalue weighted by atomic mass is 16.3. The molecule has 0 aromatic rings. The lowest BCUT2D eigenvalue weighted by atomic mass is 10.1. The Bertz CT molecular complexity index is 529. The van der Waals surface area contributed by atoms with Gasteiger partial charge in [0.15, 0.2) is 0 Å². The molecule has 8 nitrogen and oxygen atoms in total. The lowest BCUT2D eigenvalue weighted by Gasteiger charge is -2.26. The molecule has 1 atom stereocenters. The second-order valence-electron chi connectivity index (χ2n) is 10.0. The van der Waals surface area contributed by atoms with Crippen LogP contribution in [0.2, 0.25) is 0 Å². The van der Waals surface area contributed by atoms with Crippen molar-refractivity contribution in [1.82, 2.24) is 15.1 Å². The molecule has 0 bridgehead atoms. The van der Waals surface area contributed by atoms with Crippen LogP contribution in [0.1, 0.15) is 103 Å². The van der Waals surface area contributed by atoms with Gasteiger partial charge in [0.05, 0.1) is 19.3 Å². The maximum absolute atomic E-state index is 12.4. The maximum atomic E-state index is 12.4. The summed E-state index contributed by atoms with van der Waals surface area (Å²) in [6.45, 7) is 5.06. The van der Waals surface area contributed by atoms with Crippen molar-refractivity contribution in [1.29, 1.82) is 0 Å². The van der Waals surface area contributed by atoms with E-state index < -0.39 is 6.10 Å². The number of carbonyl (C=O) groups excluding carboxylic acids is 2. The smallest absolute Gasteiger partial charge is 0.222 e. The topological polar surface area (TPSA) is 113 Å². The van der Waals surface area contributed by atoms with E-state index in [1.54, 1.807) is 4.90 Å². The number of carbonyl (C=O) groups is 2. The van der Waals surface area contributed by atoms with E-state index in [2.05, 4.69) is 10.2 Å². The Hall–Kier alpha value is -1.22. The molecule has 2 amide bonds. The zero-order chi connectivity index (χ0) is 25.6. The summed E-state index contributed by atoms with van der Waals surface area (Å²) >= 11 is 0. The molecule has 8 heteroatoms. The Morgan fingerprint density at radius 1 is 0.800 bits per heavy atom. The predicted molar refractivity (Wildman–Crippen MR) is 140 cm³/mol. The summed E-state index contributed by atoms with van der Waals surface area (Å²) in [4.78, 5) is 28.6. The number of aliphatic hydroxyl groups excluding tert-OH is 3. The zero-order valence-corrected chi connectivity index (χ0v) is 22.1. The van der Waals surface area contributed by atoms with Crippen LogP contribution >= 0.6 is 0 Å². The van der Waals surface area contributed by atoms with Crippen molar-refractivity contribution in [2.24, 2.45) is 0 Å². The molecule has 0 aliphatic carbocycles. The molecule has 206 valence electrons. The average Bonchev–Trinajstić information content (AvgIpc) is 2.87. The summed E-state index contributed by atoms with van der Waals surface area (Å²) < 4.78 is 0. The predicted octanol–water partition coefficient (Wildman–Crippen LogP) is 2.83. The van der Waals surface area contributed by atoms with E-state index >= 15 is 0 Å². The number of piperidine rings is 1. The van der Waals surface area contributed by atoms with Crippen molar-refractivity contribution >= 4 is 11.8 Å². The molecule has 0 aromatic carbocycles. The molecule has 4 N–H and O–H groups in total. The van der Waals surface area contributed by atoms with Crippen LogP contribution in [0.4, 0.5) is 0 Å². The Kier molecular flexibility index (Phi) is 20.0. The average molecular weight is 500 g/mol. The second kappa shape index (κ2) is 22.0. The van der Waals surface area contributed by atoms with Crippen molar-refractivity contribution in [3.8, 4) is 0 Å². The monoisotopic (exact) mass is 499 g/mol. The van der Waals surface area contributed by atoms with Crippen molar-refractivity contribution < 1.29 is 24.9 Å². The highest BCUT2D eigenvalue weighted by molar-refractivity contribution is 5.76. The van der Waals surface area contributed by atoms with Crippen LogP contribution in [0.3, 0.4) is 0 Å². The van der Waals surface area contributed by atoms with Gasteiger partial charge in [0, 0.05) is 32.5 Å². The van der Waals surface area contributed by atoms with E-state index in [0.29, 0.717) is 32.4 Å². The van der Waals surface area contributed by atoms with E-state index in [1.165, 1.54) is 45.3 Å². The summed E-state index contributed by atoms with van der Waals surface area (Å²) in [7, 11) is 0. The first-order valence-electron chi connectivity index (χ1n) is 14.2. The summed E-state index contributed by atoms with van der Waals surface area (Å²) in [5.74, 6) is 0.244. The van der Waals surface area contributed by atoms with Crippen molar-refractivity contribution in [3.05, 3.63) is 0 Å². The van der Waals surface area contributed by atoms with Crippen LogP contribution in [-0.4, -0.2) is 95.5 Å². The van der Waals surface area contributed by atoms with Crippen molar-refractivity contribution in [2.45, 2.75) is 109 Å². The first kappa shape index (κ1) is 31.8. The molecule has 1 saturated heterocycles. The summed E-state index contributed by atoms with van der Waals surface area (Å²) in [5.41, 5.74) is 0. The largest absolute Gasteiger partial charge is 0.395 e. The molecule has 1 rings (SSSR count). The van der Waals surface area contributed by atoms with E-state index in [1.807, 2.05) is 0 Å². The molecular formula is C27H53N3O5. The van der Waals surface area contributed by atoms with Crippen molar-refractivity contribution in [2.75, 3.05) is 52.5 Å². The molecule has 1 fully saturated rings. The van der Waals surface area contributed by atoms with E-state index in [-0.39, 0.29) is 25.0 Å². The molecule has 0 saturated carbocycles. The second-order valence-corrected chi connectivity index (χ2v) is 10.0. The lowest BCUT2D eigenvalue weighted by molar-refractivity contribution is -0.132.